The number of hydrogen-bond donors (Lipinski definition) is 3. The van der Waals surface area contributed by atoms with E-state index in [0.717, 1.165) is 101 Å². The molecule has 10 nitrogen and oxygen atoms in total. The van der Waals surface area contributed by atoms with E-state index < -0.39 is 0 Å². The molecule has 5 heterocycles. The van der Waals surface area contributed by atoms with Crippen LogP contribution in [-0.2, 0) is 16.1 Å². The summed E-state index contributed by atoms with van der Waals surface area (Å²) in [5.74, 6) is 8.34. The monoisotopic (exact) mass is 703 g/mol. The zero-order chi connectivity index (χ0) is 35.7. The second kappa shape index (κ2) is 14.2. The number of carbonyl (C=O) groups excluding carboxylic acids is 2. The lowest BCUT2D eigenvalue weighted by atomic mass is 10.1. The number of carbonyl (C=O) groups is 2. The van der Waals surface area contributed by atoms with Gasteiger partial charge in [0.05, 0.1) is 39.7 Å². The Morgan fingerprint density at radius 1 is 0.736 bits per heavy atom. The number of benzene rings is 4. The molecule has 3 aliphatic heterocycles. The Balaban J connectivity index is 0.903. The molecule has 0 unspecified atom stereocenters. The van der Waals surface area contributed by atoms with Crippen LogP contribution in [-0.4, -0.2) is 67.4 Å². The number of nitrogens with zero attached hydrogens (tertiary/aromatic N) is 4. The van der Waals surface area contributed by atoms with E-state index in [1.165, 1.54) is 0 Å². The number of H-pyrrole nitrogens is 2. The van der Waals surface area contributed by atoms with E-state index >= 15 is 0 Å². The number of para-hydroxylation sites is 1. The highest BCUT2D eigenvalue weighted by atomic mass is 16.5. The third kappa shape index (κ3) is 6.64. The largest absolute Gasteiger partial charge is 0.380 e. The number of imidazole rings is 2. The first-order valence-corrected chi connectivity index (χ1v) is 18.7. The zero-order valence-electron chi connectivity index (χ0n) is 29.5. The van der Waals surface area contributed by atoms with Gasteiger partial charge in [-0.25, -0.2) is 9.97 Å². The molecule has 3 N–H and O–H groups in total. The number of aromatic amines is 2. The van der Waals surface area contributed by atoms with Crippen molar-refractivity contribution in [2.75, 3.05) is 25.0 Å². The number of nitrogens with one attached hydrogen (secondary N) is 3. The molecule has 0 saturated carbocycles. The molecule has 0 bridgehead atoms. The molecule has 53 heavy (non-hydrogen) atoms. The smallest absolute Gasteiger partial charge is 0.256 e. The second-order valence-corrected chi connectivity index (χ2v) is 14.2. The fraction of sp³-hybridized carbons (Fsp3) is 0.302. The van der Waals surface area contributed by atoms with E-state index in [9.17, 15) is 9.59 Å². The van der Waals surface area contributed by atoms with Crippen LogP contribution in [0.3, 0.4) is 0 Å². The van der Waals surface area contributed by atoms with Crippen LogP contribution in [0.2, 0.25) is 0 Å². The average molecular weight is 704 g/mol. The van der Waals surface area contributed by atoms with Crippen LogP contribution >= 0.6 is 0 Å². The van der Waals surface area contributed by atoms with Crippen LogP contribution < -0.4 is 5.32 Å². The summed E-state index contributed by atoms with van der Waals surface area (Å²) in [4.78, 5) is 47.8. The van der Waals surface area contributed by atoms with E-state index in [2.05, 4.69) is 39.3 Å². The van der Waals surface area contributed by atoms with Crippen molar-refractivity contribution >= 4 is 39.6 Å². The van der Waals surface area contributed by atoms with E-state index in [0.29, 0.717) is 25.3 Å². The molecular weight excluding hydrogens is 663 g/mol. The summed E-state index contributed by atoms with van der Waals surface area (Å²) in [7, 11) is 0. The van der Waals surface area contributed by atoms with Crippen LogP contribution in [0.15, 0.2) is 91.0 Å². The molecule has 0 aliphatic carbocycles. The van der Waals surface area contributed by atoms with E-state index in [-0.39, 0.29) is 30.0 Å². The SMILES string of the molecule is O=C(c1ccccc1NCc1ccccc1)N1CCC[C@H]1c1nc2ccc(C#Cc3ccc4nc([C@@H]5CCCN5C(=O)[C@H]5CCCO5)[nH]c4c3)cc2[nH]1. The van der Waals surface area contributed by atoms with E-state index in [4.69, 9.17) is 14.7 Å². The Labute approximate surface area is 308 Å². The quantitative estimate of drug-likeness (QED) is 0.151. The van der Waals surface area contributed by atoms with Gasteiger partial charge < -0.3 is 29.8 Å². The molecule has 3 saturated heterocycles. The van der Waals surface area contributed by atoms with Gasteiger partial charge in [-0.3, -0.25) is 9.59 Å². The minimum atomic E-state index is -0.322. The maximum Gasteiger partial charge on any atom is 0.256 e. The average Bonchev–Trinajstić information content (AvgIpc) is 4.05. The highest BCUT2D eigenvalue weighted by Gasteiger charge is 2.37. The van der Waals surface area contributed by atoms with Crippen LogP contribution in [0.4, 0.5) is 5.69 Å². The molecule has 266 valence electrons. The predicted octanol–water partition coefficient (Wildman–Crippen LogP) is 7.27. The van der Waals surface area contributed by atoms with Crippen LogP contribution in [0, 0.1) is 11.8 Å². The second-order valence-electron chi connectivity index (χ2n) is 14.2. The summed E-state index contributed by atoms with van der Waals surface area (Å²) < 4.78 is 5.69. The summed E-state index contributed by atoms with van der Waals surface area (Å²) in [6.07, 6.45) is 5.01. The Bertz CT molecular complexity index is 2370. The van der Waals surface area contributed by atoms with Gasteiger partial charge in [0.1, 0.15) is 17.8 Å². The number of ether oxygens (including phenoxy) is 1. The highest BCUT2D eigenvalue weighted by molar-refractivity contribution is 6.00. The van der Waals surface area contributed by atoms with Crippen molar-refractivity contribution in [3.63, 3.8) is 0 Å². The van der Waals surface area contributed by atoms with Gasteiger partial charge in [0.15, 0.2) is 0 Å². The van der Waals surface area contributed by atoms with Crippen molar-refractivity contribution < 1.29 is 14.3 Å². The first-order chi connectivity index (χ1) is 26.1. The van der Waals surface area contributed by atoms with Gasteiger partial charge in [-0.1, -0.05) is 54.3 Å². The molecule has 10 heteroatoms. The molecule has 3 atom stereocenters. The van der Waals surface area contributed by atoms with Gasteiger partial charge in [0, 0.05) is 43.1 Å². The van der Waals surface area contributed by atoms with Crippen molar-refractivity contribution in [3.05, 3.63) is 125 Å². The Morgan fingerprint density at radius 2 is 1.36 bits per heavy atom. The Morgan fingerprint density at radius 3 is 2.02 bits per heavy atom. The normalized spacial score (nSPS) is 19.9. The first kappa shape index (κ1) is 33.0. The summed E-state index contributed by atoms with van der Waals surface area (Å²) in [5, 5.41) is 3.47. The summed E-state index contributed by atoms with van der Waals surface area (Å²) in [6.45, 7) is 2.71. The lowest BCUT2D eigenvalue weighted by Crippen LogP contribution is -2.38. The van der Waals surface area contributed by atoms with Gasteiger partial charge in [0.2, 0.25) is 0 Å². The summed E-state index contributed by atoms with van der Waals surface area (Å²) in [6, 6.07) is 29.7. The number of anilines is 1. The summed E-state index contributed by atoms with van der Waals surface area (Å²) >= 11 is 0. The van der Waals surface area contributed by atoms with Crippen molar-refractivity contribution in [2.24, 2.45) is 0 Å². The molecular formula is C43H41N7O3. The molecule has 6 aromatic rings. The predicted molar refractivity (Wildman–Crippen MR) is 204 cm³/mol. The Kier molecular flexibility index (Phi) is 8.86. The van der Waals surface area contributed by atoms with Crippen LogP contribution in [0.25, 0.3) is 22.1 Å². The van der Waals surface area contributed by atoms with Crippen molar-refractivity contribution in [1.29, 1.82) is 0 Å². The van der Waals surface area contributed by atoms with Crippen molar-refractivity contribution in [2.45, 2.75) is 63.3 Å². The molecule has 3 aliphatic rings. The zero-order valence-corrected chi connectivity index (χ0v) is 29.5. The number of fused-ring (bicyclic) bond motifs is 2. The summed E-state index contributed by atoms with van der Waals surface area (Å²) in [5.41, 5.74) is 7.89. The molecule has 4 aromatic carbocycles. The van der Waals surface area contributed by atoms with Crippen molar-refractivity contribution in [1.82, 2.24) is 29.7 Å². The van der Waals surface area contributed by atoms with Gasteiger partial charge in [-0.05, 0) is 92.6 Å². The number of rotatable bonds is 7. The molecule has 9 rings (SSSR count). The first-order valence-electron chi connectivity index (χ1n) is 18.7. The molecule has 2 aromatic heterocycles. The van der Waals surface area contributed by atoms with E-state index in [1.54, 1.807) is 0 Å². The number of likely N-dealkylation sites (tertiary alicyclic amines) is 2. The lowest BCUT2D eigenvalue weighted by molar-refractivity contribution is -0.142. The molecule has 0 radical (unpaired) electrons. The minimum Gasteiger partial charge on any atom is -0.380 e. The van der Waals surface area contributed by atoms with Crippen LogP contribution in [0.5, 0.6) is 0 Å². The van der Waals surface area contributed by atoms with Gasteiger partial charge in [-0.15, -0.1) is 0 Å². The maximum absolute atomic E-state index is 14.0. The number of aromatic nitrogens is 4. The topological polar surface area (TPSA) is 119 Å². The van der Waals surface area contributed by atoms with Gasteiger partial charge in [-0.2, -0.15) is 0 Å². The Hall–Kier alpha value is -5.92. The van der Waals surface area contributed by atoms with Gasteiger partial charge in [0.25, 0.3) is 11.8 Å². The number of amides is 2. The van der Waals surface area contributed by atoms with E-state index in [1.807, 2.05) is 88.7 Å². The number of hydrogen-bond acceptors (Lipinski definition) is 6. The fourth-order valence-corrected chi connectivity index (χ4v) is 8.01. The highest BCUT2D eigenvalue weighted by Crippen LogP contribution is 2.35. The van der Waals surface area contributed by atoms with Crippen LogP contribution in [0.1, 0.15) is 89.3 Å². The molecule has 3 fully saturated rings. The molecule has 0 spiro atoms. The lowest BCUT2D eigenvalue weighted by Gasteiger charge is -2.25. The standard InChI is InChI=1S/C43H41N7O3/c51-42(31-11-4-5-12-32(31)44-27-30-9-2-1-3-10-30)49-22-6-13-37(49)40-45-33-20-18-28(25-35(33)47-40)16-17-29-19-21-34-36(26-29)48-41(46-34)38-14-7-23-50(38)43(52)39-15-8-24-53-39/h1-5,9-12,18-21,25-26,37-39,44H,6-8,13-15,22-24,27H2,(H,45,47)(H,46,48)/t37-,38-,39+/m0/s1. The minimum absolute atomic E-state index is 0.00441. The molecule has 2 amide bonds. The third-order valence-corrected chi connectivity index (χ3v) is 10.7. The third-order valence-electron chi connectivity index (χ3n) is 10.7. The van der Waals surface area contributed by atoms with Crippen molar-refractivity contribution in [3.8, 4) is 11.8 Å². The fourth-order valence-electron chi connectivity index (χ4n) is 8.01. The maximum atomic E-state index is 14.0. The van der Waals surface area contributed by atoms with Gasteiger partial charge >= 0.3 is 0 Å².